The Balaban J connectivity index is 2.71. The molecule has 106 valence electrons. The number of benzene rings is 2. The molecule has 20 heavy (non-hydrogen) atoms. The molecule has 0 heterocycles. The van der Waals surface area contributed by atoms with Crippen molar-refractivity contribution in [3.05, 3.63) is 54.1 Å². The van der Waals surface area contributed by atoms with Crippen molar-refractivity contribution in [2.75, 3.05) is 0 Å². The van der Waals surface area contributed by atoms with Crippen molar-refractivity contribution in [2.24, 2.45) is 0 Å². The Morgan fingerprint density at radius 1 is 0.900 bits per heavy atom. The number of alkyl halides is 3. The van der Waals surface area contributed by atoms with Gasteiger partial charge in [0.2, 0.25) is 0 Å². The standard InChI is InChI=1S/C13H8F4O2S/c14-13(15,16)10-6-7-11(9-4-2-1-3-5-9)12(8-10)20(17,18)19/h1-8H. The molecule has 0 atom stereocenters. The molecule has 0 unspecified atom stereocenters. The van der Waals surface area contributed by atoms with E-state index in [-0.39, 0.29) is 5.56 Å². The summed E-state index contributed by atoms with van der Waals surface area (Å²) < 4.78 is 73.1. The van der Waals surface area contributed by atoms with Crippen LogP contribution in [0.4, 0.5) is 17.1 Å². The lowest BCUT2D eigenvalue weighted by atomic mass is 10.0. The monoisotopic (exact) mass is 304 g/mol. The lowest BCUT2D eigenvalue weighted by Gasteiger charge is -2.11. The molecule has 2 aromatic rings. The summed E-state index contributed by atoms with van der Waals surface area (Å²) in [4.78, 5) is -0.987. The Morgan fingerprint density at radius 3 is 2.00 bits per heavy atom. The molecule has 0 radical (unpaired) electrons. The first-order valence-corrected chi connectivity index (χ1v) is 6.79. The van der Waals surface area contributed by atoms with Crippen molar-refractivity contribution in [2.45, 2.75) is 11.1 Å². The summed E-state index contributed by atoms with van der Waals surface area (Å²) in [5, 5.41) is 0. The molecule has 2 rings (SSSR count). The van der Waals surface area contributed by atoms with E-state index < -0.39 is 26.9 Å². The molecule has 0 aromatic heterocycles. The van der Waals surface area contributed by atoms with Crippen molar-refractivity contribution in [1.82, 2.24) is 0 Å². The highest BCUT2D eigenvalue weighted by Gasteiger charge is 2.33. The van der Waals surface area contributed by atoms with Crippen LogP contribution in [0.3, 0.4) is 0 Å². The molecule has 0 saturated carbocycles. The van der Waals surface area contributed by atoms with Gasteiger partial charge in [0.05, 0.1) is 5.56 Å². The summed E-state index contributed by atoms with van der Waals surface area (Å²) >= 11 is 0. The van der Waals surface area contributed by atoms with Crippen LogP contribution >= 0.6 is 0 Å². The molecular weight excluding hydrogens is 296 g/mol. The Labute approximate surface area is 112 Å². The van der Waals surface area contributed by atoms with Crippen molar-refractivity contribution in [3.63, 3.8) is 0 Å². The minimum absolute atomic E-state index is 0.110. The average molecular weight is 304 g/mol. The van der Waals surface area contributed by atoms with Crippen LogP contribution in [0, 0.1) is 0 Å². The summed E-state index contributed by atoms with van der Waals surface area (Å²) in [7, 11) is -5.26. The van der Waals surface area contributed by atoms with Crippen molar-refractivity contribution >= 4 is 10.2 Å². The highest BCUT2D eigenvalue weighted by atomic mass is 32.3. The molecule has 0 N–H and O–H groups in total. The van der Waals surface area contributed by atoms with Gasteiger partial charge < -0.3 is 0 Å². The summed E-state index contributed by atoms with van der Waals surface area (Å²) in [6, 6.07) is 9.73. The zero-order valence-corrected chi connectivity index (χ0v) is 10.7. The van der Waals surface area contributed by atoms with E-state index in [1.54, 1.807) is 18.2 Å². The highest BCUT2D eigenvalue weighted by molar-refractivity contribution is 7.86. The predicted molar refractivity (Wildman–Crippen MR) is 65.2 cm³/mol. The Hall–Kier alpha value is -1.89. The smallest absolute Gasteiger partial charge is 0.189 e. The maximum Gasteiger partial charge on any atom is 0.416 e. The van der Waals surface area contributed by atoms with Crippen molar-refractivity contribution < 1.29 is 25.5 Å². The summed E-state index contributed by atoms with van der Waals surface area (Å²) in [5.41, 5.74) is -1.01. The third-order valence-electron chi connectivity index (χ3n) is 2.66. The molecule has 0 aliphatic heterocycles. The number of halogens is 4. The normalized spacial score (nSPS) is 12.4. The minimum Gasteiger partial charge on any atom is -0.189 e. The molecule has 0 aliphatic rings. The zero-order chi connectivity index (χ0) is 15.0. The second-order valence-electron chi connectivity index (χ2n) is 4.01. The maximum atomic E-state index is 13.2. The predicted octanol–water partition coefficient (Wildman–Crippen LogP) is 4.03. The van der Waals surface area contributed by atoms with Crippen molar-refractivity contribution in [1.29, 1.82) is 0 Å². The molecule has 2 nitrogen and oxygen atoms in total. The van der Waals surface area contributed by atoms with Crippen LogP contribution in [-0.4, -0.2) is 8.42 Å². The molecule has 0 fully saturated rings. The fourth-order valence-electron chi connectivity index (χ4n) is 1.76. The lowest BCUT2D eigenvalue weighted by molar-refractivity contribution is -0.137. The summed E-state index contributed by atoms with van der Waals surface area (Å²) in [5.74, 6) is 0. The van der Waals surface area contributed by atoms with Crippen LogP contribution in [0.5, 0.6) is 0 Å². The molecule has 2 aromatic carbocycles. The zero-order valence-electron chi connectivity index (χ0n) is 9.86. The number of hydrogen-bond donors (Lipinski definition) is 0. The topological polar surface area (TPSA) is 34.1 Å². The van der Waals surface area contributed by atoms with E-state index in [4.69, 9.17) is 0 Å². The van der Waals surface area contributed by atoms with E-state index in [2.05, 4.69) is 0 Å². The van der Waals surface area contributed by atoms with Crippen LogP contribution < -0.4 is 0 Å². The van der Waals surface area contributed by atoms with Crippen LogP contribution in [0.25, 0.3) is 11.1 Å². The van der Waals surface area contributed by atoms with E-state index in [0.717, 1.165) is 12.1 Å². The van der Waals surface area contributed by atoms with Crippen LogP contribution in [0.2, 0.25) is 0 Å². The van der Waals surface area contributed by atoms with E-state index in [0.29, 0.717) is 11.6 Å². The Morgan fingerprint density at radius 2 is 1.50 bits per heavy atom. The number of rotatable bonds is 2. The van der Waals surface area contributed by atoms with Gasteiger partial charge in [-0.25, -0.2) is 0 Å². The van der Waals surface area contributed by atoms with Gasteiger partial charge in [0.25, 0.3) is 0 Å². The number of hydrogen-bond acceptors (Lipinski definition) is 2. The molecule has 0 saturated heterocycles. The van der Waals surface area contributed by atoms with Crippen LogP contribution in [0.1, 0.15) is 5.56 Å². The fraction of sp³-hybridized carbons (Fsp3) is 0.0769. The lowest BCUT2D eigenvalue weighted by Crippen LogP contribution is -2.07. The molecular formula is C13H8F4O2S. The van der Waals surface area contributed by atoms with Gasteiger partial charge in [0.1, 0.15) is 4.90 Å². The van der Waals surface area contributed by atoms with Crippen molar-refractivity contribution in [3.8, 4) is 11.1 Å². The summed E-state index contributed by atoms with van der Waals surface area (Å²) in [6.07, 6.45) is -4.74. The largest absolute Gasteiger partial charge is 0.416 e. The van der Waals surface area contributed by atoms with E-state index in [1.807, 2.05) is 0 Å². The van der Waals surface area contributed by atoms with Gasteiger partial charge in [-0.3, -0.25) is 0 Å². The minimum atomic E-state index is -5.26. The van der Waals surface area contributed by atoms with Gasteiger partial charge in [-0.2, -0.15) is 21.6 Å². The Bertz CT molecular complexity index is 722. The first-order valence-electron chi connectivity index (χ1n) is 5.41. The van der Waals surface area contributed by atoms with E-state index >= 15 is 0 Å². The van der Waals surface area contributed by atoms with E-state index in [1.165, 1.54) is 12.1 Å². The van der Waals surface area contributed by atoms with Gasteiger partial charge in [-0.15, -0.1) is 3.89 Å². The molecule has 0 bridgehead atoms. The fourth-order valence-corrected chi connectivity index (χ4v) is 2.47. The van der Waals surface area contributed by atoms with Gasteiger partial charge in [-0.1, -0.05) is 36.4 Å². The van der Waals surface area contributed by atoms with Crippen LogP contribution in [-0.2, 0) is 16.4 Å². The quantitative estimate of drug-likeness (QED) is 0.620. The molecule has 0 amide bonds. The third-order valence-corrected chi connectivity index (χ3v) is 3.52. The first-order chi connectivity index (χ1) is 9.19. The van der Waals surface area contributed by atoms with Crippen LogP contribution in [0.15, 0.2) is 53.4 Å². The average Bonchev–Trinajstić information content (AvgIpc) is 2.37. The molecule has 0 aliphatic carbocycles. The van der Waals surface area contributed by atoms with Gasteiger partial charge in [-0.05, 0) is 17.7 Å². The van der Waals surface area contributed by atoms with Gasteiger partial charge in [0.15, 0.2) is 0 Å². The SMILES string of the molecule is O=S(=O)(F)c1cc(C(F)(F)F)ccc1-c1ccccc1. The highest BCUT2D eigenvalue weighted by Crippen LogP contribution is 2.35. The second-order valence-corrected chi connectivity index (χ2v) is 5.33. The van der Waals surface area contributed by atoms with Gasteiger partial charge >= 0.3 is 16.4 Å². The molecule has 0 spiro atoms. The summed E-state index contributed by atoms with van der Waals surface area (Å²) in [6.45, 7) is 0. The third kappa shape index (κ3) is 2.98. The second kappa shape index (κ2) is 4.90. The Kier molecular flexibility index (Phi) is 3.56. The molecule has 7 heteroatoms. The van der Waals surface area contributed by atoms with Gasteiger partial charge in [0, 0.05) is 5.56 Å². The first kappa shape index (κ1) is 14.5. The van der Waals surface area contributed by atoms with E-state index in [9.17, 15) is 25.5 Å². The maximum absolute atomic E-state index is 13.2.